The van der Waals surface area contributed by atoms with Crippen LogP contribution in [-0.2, 0) is 4.79 Å². The van der Waals surface area contributed by atoms with Gasteiger partial charge in [-0.2, -0.15) is 0 Å². The van der Waals surface area contributed by atoms with Gasteiger partial charge in [0.2, 0.25) is 0 Å². The number of nitrogens with zero attached hydrogens (tertiary/aromatic N) is 1. The van der Waals surface area contributed by atoms with Crippen LogP contribution in [-0.4, -0.2) is 11.3 Å². The van der Waals surface area contributed by atoms with E-state index in [1.165, 1.54) is 0 Å². The molecule has 0 N–H and O–H groups in total. The summed E-state index contributed by atoms with van der Waals surface area (Å²) in [6.07, 6.45) is 6.09. The van der Waals surface area contributed by atoms with Gasteiger partial charge in [-0.1, -0.05) is 13.3 Å². The molecule has 2 heterocycles. The highest BCUT2D eigenvalue weighted by molar-refractivity contribution is 5.83. The fourth-order valence-corrected chi connectivity index (χ4v) is 1.60. The Kier molecular flexibility index (Phi) is 3.15. The van der Waals surface area contributed by atoms with Gasteiger partial charge in [-0.05, 0) is 30.2 Å². The molecule has 0 radical (unpaired) electrons. The van der Waals surface area contributed by atoms with E-state index in [2.05, 4.69) is 4.98 Å². The number of hydrogen-bond donors (Lipinski definition) is 0. The maximum Gasteiger partial charge on any atom is 0.153 e. The first-order chi connectivity index (χ1) is 7.83. The van der Waals surface area contributed by atoms with Gasteiger partial charge in [-0.15, -0.1) is 0 Å². The minimum absolute atomic E-state index is 0.684. The molecule has 3 nitrogen and oxygen atoms in total. The Bertz CT molecular complexity index is 492. The fourth-order valence-electron chi connectivity index (χ4n) is 1.60. The lowest BCUT2D eigenvalue weighted by Gasteiger charge is -1.93. The molecule has 0 saturated carbocycles. The molecule has 0 aromatic carbocycles. The zero-order valence-corrected chi connectivity index (χ0v) is 9.14. The average molecular weight is 215 g/mol. The number of allylic oxidation sites excluding steroid dienone is 1. The van der Waals surface area contributed by atoms with Gasteiger partial charge in [0.1, 0.15) is 17.6 Å². The summed E-state index contributed by atoms with van der Waals surface area (Å²) >= 11 is 0. The number of aldehydes is 1. The molecule has 0 aliphatic rings. The van der Waals surface area contributed by atoms with Crippen LogP contribution in [0.15, 0.2) is 34.4 Å². The van der Waals surface area contributed by atoms with Gasteiger partial charge in [0.15, 0.2) is 5.58 Å². The van der Waals surface area contributed by atoms with E-state index in [0.29, 0.717) is 5.76 Å². The van der Waals surface area contributed by atoms with Crippen molar-refractivity contribution in [2.24, 2.45) is 0 Å². The van der Waals surface area contributed by atoms with Crippen molar-refractivity contribution in [2.45, 2.75) is 19.8 Å². The van der Waals surface area contributed by atoms with Gasteiger partial charge in [0.05, 0.1) is 0 Å². The molecule has 2 aromatic heterocycles. The SMILES string of the molecule is CCC/C(C=O)=C/c1cc2ncccc2o1. The predicted molar refractivity (Wildman–Crippen MR) is 63.0 cm³/mol. The maximum absolute atomic E-state index is 10.8. The zero-order chi connectivity index (χ0) is 11.4. The van der Waals surface area contributed by atoms with E-state index >= 15 is 0 Å². The second kappa shape index (κ2) is 4.75. The summed E-state index contributed by atoms with van der Waals surface area (Å²) in [6.45, 7) is 2.04. The molecule has 82 valence electrons. The Morgan fingerprint density at radius 1 is 1.56 bits per heavy atom. The van der Waals surface area contributed by atoms with E-state index in [0.717, 1.165) is 35.8 Å². The van der Waals surface area contributed by atoms with Crippen molar-refractivity contribution in [3.05, 3.63) is 35.7 Å². The molecule has 0 aliphatic heterocycles. The summed E-state index contributed by atoms with van der Waals surface area (Å²) < 4.78 is 5.55. The number of rotatable bonds is 4. The first-order valence-electron chi connectivity index (χ1n) is 5.34. The molecule has 0 atom stereocenters. The van der Waals surface area contributed by atoms with Crippen molar-refractivity contribution in [3.8, 4) is 0 Å². The summed E-state index contributed by atoms with van der Waals surface area (Å²) in [7, 11) is 0. The van der Waals surface area contributed by atoms with Crippen LogP contribution in [0.1, 0.15) is 25.5 Å². The highest BCUT2D eigenvalue weighted by atomic mass is 16.3. The monoisotopic (exact) mass is 215 g/mol. The molecule has 0 spiro atoms. The third kappa shape index (κ3) is 2.19. The number of carbonyl (C=O) groups excluding carboxylic acids is 1. The van der Waals surface area contributed by atoms with E-state index in [-0.39, 0.29) is 0 Å². The second-order valence-electron chi connectivity index (χ2n) is 3.62. The minimum atomic E-state index is 0.684. The highest BCUT2D eigenvalue weighted by Crippen LogP contribution is 2.19. The van der Waals surface area contributed by atoms with Crippen LogP contribution >= 0.6 is 0 Å². The highest BCUT2D eigenvalue weighted by Gasteiger charge is 2.02. The molecule has 0 aliphatic carbocycles. The van der Waals surface area contributed by atoms with E-state index < -0.39 is 0 Å². The summed E-state index contributed by atoms with van der Waals surface area (Å²) in [5.74, 6) is 0.684. The Morgan fingerprint density at radius 2 is 2.44 bits per heavy atom. The van der Waals surface area contributed by atoms with Crippen molar-refractivity contribution >= 4 is 23.5 Å². The number of fused-ring (bicyclic) bond motifs is 1. The minimum Gasteiger partial charge on any atom is -0.455 e. The molecular formula is C13H13NO2. The first-order valence-corrected chi connectivity index (χ1v) is 5.34. The Hall–Kier alpha value is -1.90. The van der Waals surface area contributed by atoms with Gasteiger partial charge in [0.25, 0.3) is 0 Å². The number of aromatic nitrogens is 1. The third-order valence-electron chi connectivity index (χ3n) is 2.32. The van der Waals surface area contributed by atoms with Gasteiger partial charge in [0, 0.05) is 12.3 Å². The van der Waals surface area contributed by atoms with Gasteiger partial charge < -0.3 is 4.42 Å². The quantitative estimate of drug-likeness (QED) is 0.581. The topological polar surface area (TPSA) is 43.1 Å². The summed E-state index contributed by atoms with van der Waals surface area (Å²) in [4.78, 5) is 15.0. The van der Waals surface area contributed by atoms with Gasteiger partial charge in [-0.3, -0.25) is 9.78 Å². The van der Waals surface area contributed by atoms with Crippen LogP contribution in [0.2, 0.25) is 0 Å². The molecule has 0 unspecified atom stereocenters. The molecule has 0 fully saturated rings. The largest absolute Gasteiger partial charge is 0.455 e. The van der Waals surface area contributed by atoms with Crippen LogP contribution in [0.3, 0.4) is 0 Å². The molecule has 2 rings (SSSR count). The van der Waals surface area contributed by atoms with Crippen molar-refractivity contribution in [1.29, 1.82) is 0 Å². The van der Waals surface area contributed by atoms with Crippen LogP contribution in [0.5, 0.6) is 0 Å². The summed E-state index contributed by atoms with van der Waals surface area (Å²) in [6, 6.07) is 5.53. The molecule has 0 saturated heterocycles. The van der Waals surface area contributed by atoms with Crippen LogP contribution in [0, 0.1) is 0 Å². The fraction of sp³-hybridized carbons (Fsp3) is 0.231. The third-order valence-corrected chi connectivity index (χ3v) is 2.32. The number of furan rings is 1. The maximum atomic E-state index is 10.8. The van der Waals surface area contributed by atoms with E-state index in [1.54, 1.807) is 12.3 Å². The molecular weight excluding hydrogens is 202 g/mol. The second-order valence-corrected chi connectivity index (χ2v) is 3.62. The zero-order valence-electron chi connectivity index (χ0n) is 9.14. The predicted octanol–water partition coefficient (Wildman–Crippen LogP) is 3.21. The lowest BCUT2D eigenvalue weighted by molar-refractivity contribution is -0.105. The van der Waals surface area contributed by atoms with Crippen molar-refractivity contribution < 1.29 is 9.21 Å². The lowest BCUT2D eigenvalue weighted by Crippen LogP contribution is -1.82. The lowest BCUT2D eigenvalue weighted by atomic mass is 10.1. The summed E-state index contributed by atoms with van der Waals surface area (Å²) in [5.41, 5.74) is 2.31. The Balaban J connectivity index is 2.36. The normalized spacial score (nSPS) is 11.9. The summed E-state index contributed by atoms with van der Waals surface area (Å²) in [5, 5.41) is 0. The molecule has 0 amide bonds. The first kappa shape index (κ1) is 10.6. The van der Waals surface area contributed by atoms with E-state index in [4.69, 9.17) is 4.42 Å². The standard InChI is InChI=1S/C13H13NO2/c1-2-4-10(9-15)7-11-8-12-13(16-11)5-3-6-14-12/h3,5-9H,2,4H2,1H3/b10-7-. The molecule has 0 bridgehead atoms. The van der Waals surface area contributed by atoms with Crippen molar-refractivity contribution in [3.63, 3.8) is 0 Å². The van der Waals surface area contributed by atoms with Gasteiger partial charge >= 0.3 is 0 Å². The number of pyridine rings is 1. The van der Waals surface area contributed by atoms with Crippen LogP contribution in [0.25, 0.3) is 17.2 Å². The Labute approximate surface area is 93.8 Å². The molecule has 3 heteroatoms. The Morgan fingerprint density at radius 3 is 3.12 bits per heavy atom. The van der Waals surface area contributed by atoms with E-state index in [1.807, 2.05) is 25.1 Å². The van der Waals surface area contributed by atoms with Crippen molar-refractivity contribution in [1.82, 2.24) is 4.98 Å². The smallest absolute Gasteiger partial charge is 0.153 e. The molecule has 16 heavy (non-hydrogen) atoms. The van der Waals surface area contributed by atoms with Crippen LogP contribution in [0.4, 0.5) is 0 Å². The van der Waals surface area contributed by atoms with Gasteiger partial charge in [-0.25, -0.2) is 0 Å². The van der Waals surface area contributed by atoms with E-state index in [9.17, 15) is 4.79 Å². The molecule has 2 aromatic rings. The number of hydrogen-bond acceptors (Lipinski definition) is 3. The number of carbonyl (C=O) groups is 1. The van der Waals surface area contributed by atoms with Crippen LogP contribution < -0.4 is 0 Å². The average Bonchev–Trinajstić information content (AvgIpc) is 2.70. The van der Waals surface area contributed by atoms with Crippen molar-refractivity contribution in [2.75, 3.05) is 0 Å².